The fraction of sp³-hybridized carbons (Fsp3) is 0.476. The molecule has 0 saturated heterocycles. The number of aromatic nitrogens is 2. The Kier molecular flexibility index (Phi) is 7.80. The second-order valence-corrected chi connectivity index (χ2v) is 9.37. The van der Waals surface area contributed by atoms with Gasteiger partial charge in [-0.1, -0.05) is 37.2 Å². The Morgan fingerprint density at radius 2 is 1.90 bits per heavy atom. The summed E-state index contributed by atoms with van der Waals surface area (Å²) in [6.45, 7) is 3.83. The fourth-order valence-electron chi connectivity index (χ4n) is 3.23. The number of benzene rings is 1. The summed E-state index contributed by atoms with van der Waals surface area (Å²) in [7, 11) is 0. The fourth-order valence-corrected chi connectivity index (χ4v) is 4.18. The molecule has 1 atom stereocenters. The molecule has 3 rings (SSSR count). The first-order chi connectivity index (χ1) is 14.3. The van der Waals surface area contributed by atoms with E-state index >= 15 is 0 Å². The van der Waals surface area contributed by atoms with Gasteiger partial charge in [0, 0.05) is 22.2 Å². The molecule has 1 aliphatic rings. The maximum absolute atomic E-state index is 12.1. The average molecular weight is 450 g/mol. The minimum atomic E-state index is -0.572. The summed E-state index contributed by atoms with van der Waals surface area (Å²) in [5.41, 5.74) is 11.7. The molecule has 0 bridgehead atoms. The summed E-state index contributed by atoms with van der Waals surface area (Å²) in [5, 5.41) is 4.19. The Labute approximate surface area is 186 Å². The van der Waals surface area contributed by atoms with E-state index in [1.54, 1.807) is 18.0 Å². The molecule has 1 heterocycles. The molecule has 0 aliphatic heterocycles. The quantitative estimate of drug-likeness (QED) is 0.540. The number of ether oxygens (including phenoxy) is 1. The van der Waals surface area contributed by atoms with Gasteiger partial charge in [0.1, 0.15) is 18.0 Å². The molecule has 9 heteroatoms. The predicted molar refractivity (Wildman–Crippen MR) is 121 cm³/mol. The number of nitrogens with two attached hydrogens (primary N) is 2. The van der Waals surface area contributed by atoms with Crippen molar-refractivity contribution in [2.45, 2.75) is 67.5 Å². The van der Waals surface area contributed by atoms with Crippen LogP contribution in [0.2, 0.25) is 5.02 Å². The third kappa shape index (κ3) is 6.23. The number of anilines is 2. The molecule has 30 heavy (non-hydrogen) atoms. The third-order valence-corrected chi connectivity index (χ3v) is 6.38. The number of halogens is 1. The molecule has 1 aliphatic carbocycles. The van der Waals surface area contributed by atoms with Gasteiger partial charge in [-0.05, 0) is 55.9 Å². The van der Waals surface area contributed by atoms with Crippen molar-refractivity contribution in [3.05, 3.63) is 35.5 Å². The monoisotopic (exact) mass is 449 g/mol. The Morgan fingerprint density at radius 3 is 2.53 bits per heavy atom. The smallest absolute Gasteiger partial charge is 0.323 e. The molecular weight excluding hydrogens is 422 g/mol. The van der Waals surface area contributed by atoms with Crippen LogP contribution in [0.25, 0.3) is 0 Å². The van der Waals surface area contributed by atoms with E-state index in [4.69, 9.17) is 27.8 Å². The minimum Gasteiger partial charge on any atom is -0.461 e. The number of nitrogens with zero attached hydrogens (tertiary/aromatic N) is 2. The van der Waals surface area contributed by atoms with Crippen LogP contribution < -0.4 is 16.8 Å². The summed E-state index contributed by atoms with van der Waals surface area (Å²) in [6, 6.07) is 7.25. The van der Waals surface area contributed by atoms with Gasteiger partial charge in [-0.15, -0.1) is 0 Å². The molecule has 0 radical (unpaired) electrons. The minimum absolute atomic E-state index is 0.0651. The molecule has 7 nitrogen and oxygen atoms in total. The van der Waals surface area contributed by atoms with E-state index in [1.807, 2.05) is 38.1 Å². The molecule has 0 amide bonds. The normalized spacial score (nSPS) is 20.0. The first kappa shape index (κ1) is 22.7. The third-order valence-electron chi connectivity index (χ3n) is 5.10. The Morgan fingerprint density at radius 1 is 1.23 bits per heavy atom. The Hall–Kier alpha value is -2.03. The lowest BCUT2D eigenvalue weighted by atomic mass is 9.93. The largest absolute Gasteiger partial charge is 0.461 e. The van der Waals surface area contributed by atoms with Crippen LogP contribution in [0.1, 0.15) is 39.5 Å². The van der Waals surface area contributed by atoms with E-state index in [1.165, 1.54) is 0 Å². The van der Waals surface area contributed by atoms with Crippen LogP contribution >= 0.6 is 23.4 Å². The highest BCUT2D eigenvalue weighted by molar-refractivity contribution is 7.99. The lowest BCUT2D eigenvalue weighted by molar-refractivity contribution is -0.153. The van der Waals surface area contributed by atoms with Crippen molar-refractivity contribution in [3.63, 3.8) is 0 Å². The first-order valence-corrected chi connectivity index (χ1v) is 11.3. The highest BCUT2D eigenvalue weighted by Gasteiger charge is 2.27. The maximum atomic E-state index is 12.1. The Balaban J connectivity index is 1.58. The van der Waals surface area contributed by atoms with Crippen LogP contribution in [0.4, 0.5) is 11.8 Å². The van der Waals surface area contributed by atoms with Crippen LogP contribution in [0.3, 0.4) is 0 Å². The lowest BCUT2D eigenvalue weighted by Crippen LogP contribution is -2.40. The van der Waals surface area contributed by atoms with Crippen LogP contribution in [0.5, 0.6) is 0 Å². The van der Waals surface area contributed by atoms with Gasteiger partial charge >= 0.3 is 5.97 Å². The number of carbonyl (C=O) groups is 1. The molecule has 162 valence electrons. The number of hydrogen-bond donors (Lipinski definition) is 3. The van der Waals surface area contributed by atoms with E-state index in [0.717, 1.165) is 35.5 Å². The number of nitrogen functional groups attached to an aromatic ring is 1. The van der Waals surface area contributed by atoms with Crippen molar-refractivity contribution in [1.82, 2.24) is 9.97 Å². The van der Waals surface area contributed by atoms with Crippen LogP contribution in [-0.4, -0.2) is 34.1 Å². The van der Waals surface area contributed by atoms with Gasteiger partial charge in [-0.2, -0.15) is 4.98 Å². The van der Waals surface area contributed by atoms with Crippen LogP contribution in [0, 0.1) is 5.92 Å². The summed E-state index contributed by atoms with van der Waals surface area (Å²) in [5.74, 6) is 0.690. The summed E-state index contributed by atoms with van der Waals surface area (Å²) < 4.78 is 5.59. The number of hydrogen-bond acceptors (Lipinski definition) is 8. The average Bonchev–Trinajstić information content (AvgIpc) is 2.72. The molecule has 5 N–H and O–H groups in total. The highest BCUT2D eigenvalue weighted by atomic mass is 35.5. The second kappa shape index (κ2) is 10.3. The second-order valence-electron chi connectivity index (χ2n) is 7.82. The standard InChI is InChI=1S/C21H28ClN5O2S/c1-12(2)18(23)20(28)29-15-7-5-14(6-8-15)26-19-17(11-25-21(24)27-19)30-16-9-3-13(22)4-10-16/h3-4,9-12,14-15,18H,5-8,23H2,1-2H3,(H3,24,25,26,27)/t14?,15?,18-/m0/s1. The van der Waals surface area contributed by atoms with E-state index in [2.05, 4.69) is 15.3 Å². The molecule has 1 aromatic carbocycles. The summed E-state index contributed by atoms with van der Waals surface area (Å²) in [4.78, 5) is 22.6. The summed E-state index contributed by atoms with van der Waals surface area (Å²) in [6.07, 6.45) is 4.94. The first-order valence-electron chi connectivity index (χ1n) is 10.1. The van der Waals surface area contributed by atoms with Crippen molar-refractivity contribution in [3.8, 4) is 0 Å². The SMILES string of the molecule is CC(C)[C@H](N)C(=O)OC1CCC(Nc2nc(N)ncc2Sc2ccc(Cl)cc2)CC1. The van der Waals surface area contributed by atoms with E-state index < -0.39 is 6.04 Å². The lowest BCUT2D eigenvalue weighted by Gasteiger charge is -2.30. The van der Waals surface area contributed by atoms with Gasteiger partial charge in [0.25, 0.3) is 0 Å². The molecule has 1 aromatic heterocycles. The zero-order chi connectivity index (χ0) is 21.7. The van der Waals surface area contributed by atoms with E-state index in [0.29, 0.717) is 10.8 Å². The van der Waals surface area contributed by atoms with Gasteiger partial charge in [0.15, 0.2) is 0 Å². The van der Waals surface area contributed by atoms with Gasteiger partial charge < -0.3 is 21.5 Å². The predicted octanol–water partition coefficient (Wildman–Crippen LogP) is 4.11. The van der Waals surface area contributed by atoms with E-state index in [9.17, 15) is 4.79 Å². The molecule has 1 fully saturated rings. The van der Waals surface area contributed by atoms with Crippen molar-refractivity contribution >= 4 is 41.1 Å². The Bertz CT molecular complexity index is 857. The summed E-state index contributed by atoms with van der Waals surface area (Å²) >= 11 is 7.52. The maximum Gasteiger partial charge on any atom is 0.323 e. The zero-order valence-electron chi connectivity index (χ0n) is 17.2. The van der Waals surface area contributed by atoms with E-state index in [-0.39, 0.29) is 30.0 Å². The number of esters is 1. The van der Waals surface area contributed by atoms with Crippen molar-refractivity contribution < 1.29 is 9.53 Å². The van der Waals surface area contributed by atoms with Gasteiger partial charge in [-0.3, -0.25) is 4.79 Å². The zero-order valence-corrected chi connectivity index (χ0v) is 18.7. The van der Waals surface area contributed by atoms with Gasteiger partial charge in [0.2, 0.25) is 5.95 Å². The highest BCUT2D eigenvalue weighted by Crippen LogP contribution is 2.34. The molecule has 1 saturated carbocycles. The molecular formula is C21H28ClN5O2S. The number of rotatable bonds is 7. The van der Waals surface area contributed by atoms with Gasteiger partial charge in [0.05, 0.1) is 4.90 Å². The number of carbonyl (C=O) groups excluding carboxylic acids is 1. The van der Waals surface area contributed by atoms with Crippen molar-refractivity contribution in [2.24, 2.45) is 11.7 Å². The molecule has 0 unspecified atom stereocenters. The van der Waals surface area contributed by atoms with Crippen LogP contribution in [-0.2, 0) is 9.53 Å². The van der Waals surface area contributed by atoms with Crippen molar-refractivity contribution in [2.75, 3.05) is 11.1 Å². The van der Waals surface area contributed by atoms with Crippen molar-refractivity contribution in [1.29, 1.82) is 0 Å². The molecule has 2 aromatic rings. The molecule has 0 spiro atoms. The topological polar surface area (TPSA) is 116 Å². The van der Waals surface area contributed by atoms with Gasteiger partial charge in [-0.25, -0.2) is 4.98 Å². The number of nitrogens with one attached hydrogen (secondary N) is 1. The van der Waals surface area contributed by atoms with Crippen LogP contribution in [0.15, 0.2) is 40.3 Å².